The molecule has 2 aromatic carbocycles. The first-order valence-corrected chi connectivity index (χ1v) is 7.09. The number of carbonyl (C=O) groups is 2. The van der Waals surface area contributed by atoms with Crippen LogP contribution in [0.1, 0.15) is 26.3 Å². The summed E-state index contributed by atoms with van der Waals surface area (Å²) >= 11 is 0. The van der Waals surface area contributed by atoms with Crippen molar-refractivity contribution in [1.82, 2.24) is 4.90 Å². The van der Waals surface area contributed by atoms with E-state index in [0.29, 0.717) is 11.8 Å². The number of nitrogens with zero attached hydrogens (tertiary/aromatic N) is 2. The van der Waals surface area contributed by atoms with Crippen LogP contribution in [0, 0.1) is 10.1 Å². The molecular formula is C17H16N2O5. The third-order valence-corrected chi connectivity index (χ3v) is 3.32. The predicted octanol–water partition coefficient (Wildman–Crippen LogP) is 2.69. The van der Waals surface area contributed by atoms with Crippen molar-refractivity contribution >= 4 is 17.9 Å². The highest BCUT2D eigenvalue weighted by molar-refractivity contribution is 5.93. The van der Waals surface area contributed by atoms with E-state index in [9.17, 15) is 19.7 Å². The number of aldehydes is 1. The zero-order chi connectivity index (χ0) is 17.7. The second kappa shape index (κ2) is 7.36. The van der Waals surface area contributed by atoms with Gasteiger partial charge in [0, 0.05) is 31.3 Å². The van der Waals surface area contributed by atoms with Gasteiger partial charge in [-0.1, -0.05) is 12.1 Å². The topological polar surface area (TPSA) is 89.8 Å². The highest BCUT2D eigenvalue weighted by Crippen LogP contribution is 2.28. The number of hydrogen-bond acceptors (Lipinski definition) is 5. The van der Waals surface area contributed by atoms with Crippen LogP contribution in [0.15, 0.2) is 42.5 Å². The molecule has 7 nitrogen and oxygen atoms in total. The normalized spacial score (nSPS) is 10.1. The smallest absolute Gasteiger partial charge is 0.311 e. The van der Waals surface area contributed by atoms with Gasteiger partial charge in [0.15, 0.2) is 5.75 Å². The average Bonchev–Trinajstić information content (AvgIpc) is 2.59. The molecule has 0 saturated carbocycles. The Morgan fingerprint density at radius 1 is 1.21 bits per heavy atom. The van der Waals surface area contributed by atoms with E-state index in [1.54, 1.807) is 38.4 Å². The summed E-state index contributed by atoms with van der Waals surface area (Å²) in [6.07, 6.45) is 0.539. The Hall–Kier alpha value is -3.22. The van der Waals surface area contributed by atoms with Crippen LogP contribution in [0.2, 0.25) is 0 Å². The highest BCUT2D eigenvalue weighted by Gasteiger charge is 2.16. The third-order valence-electron chi connectivity index (χ3n) is 3.32. The van der Waals surface area contributed by atoms with E-state index in [1.165, 1.54) is 23.1 Å². The van der Waals surface area contributed by atoms with Crippen LogP contribution in [0.25, 0.3) is 0 Å². The molecule has 0 aliphatic carbocycles. The number of nitro groups is 1. The van der Waals surface area contributed by atoms with Gasteiger partial charge < -0.3 is 9.64 Å². The number of nitro benzene ring substituents is 1. The second-order valence-electron chi connectivity index (χ2n) is 5.29. The van der Waals surface area contributed by atoms with Crippen LogP contribution in [0.3, 0.4) is 0 Å². The maximum Gasteiger partial charge on any atom is 0.311 e. The van der Waals surface area contributed by atoms with Gasteiger partial charge in [0.1, 0.15) is 12.9 Å². The molecular weight excluding hydrogens is 312 g/mol. The highest BCUT2D eigenvalue weighted by atomic mass is 16.6. The van der Waals surface area contributed by atoms with Gasteiger partial charge >= 0.3 is 5.69 Å². The third kappa shape index (κ3) is 3.95. The molecule has 0 aliphatic heterocycles. The van der Waals surface area contributed by atoms with E-state index in [4.69, 9.17) is 4.74 Å². The van der Waals surface area contributed by atoms with E-state index < -0.39 is 4.92 Å². The van der Waals surface area contributed by atoms with Crippen molar-refractivity contribution in [3.63, 3.8) is 0 Å². The van der Waals surface area contributed by atoms with Gasteiger partial charge in [-0.25, -0.2) is 0 Å². The van der Waals surface area contributed by atoms with Gasteiger partial charge in [-0.2, -0.15) is 0 Å². The summed E-state index contributed by atoms with van der Waals surface area (Å²) in [4.78, 5) is 34.5. The van der Waals surface area contributed by atoms with Crippen LogP contribution >= 0.6 is 0 Å². The van der Waals surface area contributed by atoms with Crippen LogP contribution in [-0.2, 0) is 6.61 Å². The van der Waals surface area contributed by atoms with E-state index in [1.807, 2.05) is 0 Å². The fourth-order valence-corrected chi connectivity index (χ4v) is 2.04. The van der Waals surface area contributed by atoms with Crippen molar-refractivity contribution in [2.24, 2.45) is 0 Å². The fourth-order valence-electron chi connectivity index (χ4n) is 2.04. The lowest BCUT2D eigenvalue weighted by atomic mass is 10.1. The molecule has 124 valence electrons. The van der Waals surface area contributed by atoms with Crippen LogP contribution in [-0.4, -0.2) is 36.1 Å². The van der Waals surface area contributed by atoms with E-state index in [0.717, 1.165) is 5.56 Å². The molecule has 0 aliphatic rings. The molecule has 2 rings (SSSR count). The largest absolute Gasteiger partial charge is 0.482 e. The second-order valence-corrected chi connectivity index (χ2v) is 5.29. The summed E-state index contributed by atoms with van der Waals surface area (Å²) in [5, 5.41) is 11.1. The van der Waals surface area contributed by atoms with Crippen LogP contribution < -0.4 is 4.74 Å². The summed E-state index contributed by atoms with van der Waals surface area (Å²) in [7, 11) is 3.34. The van der Waals surface area contributed by atoms with Gasteiger partial charge in [-0.15, -0.1) is 0 Å². The van der Waals surface area contributed by atoms with E-state index in [2.05, 4.69) is 0 Å². The molecule has 0 N–H and O–H groups in total. The Balaban J connectivity index is 2.12. The summed E-state index contributed by atoms with van der Waals surface area (Å²) in [6.45, 7) is 0.109. The van der Waals surface area contributed by atoms with Crippen molar-refractivity contribution in [3.05, 3.63) is 69.3 Å². The summed E-state index contributed by atoms with van der Waals surface area (Å²) < 4.78 is 5.48. The van der Waals surface area contributed by atoms with Gasteiger partial charge in [-0.05, 0) is 29.8 Å². The molecule has 0 radical (unpaired) electrons. The molecule has 0 unspecified atom stereocenters. The van der Waals surface area contributed by atoms with E-state index in [-0.39, 0.29) is 29.5 Å². The lowest BCUT2D eigenvalue weighted by Crippen LogP contribution is -2.21. The lowest BCUT2D eigenvalue weighted by molar-refractivity contribution is -0.386. The monoisotopic (exact) mass is 328 g/mol. The van der Waals surface area contributed by atoms with Gasteiger partial charge in [0.25, 0.3) is 5.91 Å². The Kier molecular flexibility index (Phi) is 5.26. The quantitative estimate of drug-likeness (QED) is 0.462. The summed E-state index contributed by atoms with van der Waals surface area (Å²) in [5.74, 6) is -0.0263. The SMILES string of the molecule is CN(C)C(=O)c1ccc(COc2ccc(C=O)cc2[N+](=O)[O-])cc1. The van der Waals surface area contributed by atoms with Gasteiger partial charge in [0.05, 0.1) is 4.92 Å². The minimum Gasteiger partial charge on any atom is -0.482 e. The Morgan fingerprint density at radius 2 is 1.88 bits per heavy atom. The molecule has 0 aromatic heterocycles. The van der Waals surface area contributed by atoms with Crippen molar-refractivity contribution in [2.75, 3.05) is 14.1 Å². The number of amides is 1. The van der Waals surface area contributed by atoms with Gasteiger partial charge in [-0.3, -0.25) is 19.7 Å². The van der Waals surface area contributed by atoms with Crippen molar-refractivity contribution in [3.8, 4) is 5.75 Å². The molecule has 0 spiro atoms. The summed E-state index contributed by atoms with van der Waals surface area (Å²) in [5.41, 5.74) is 1.25. The minimum atomic E-state index is -0.596. The van der Waals surface area contributed by atoms with Crippen molar-refractivity contribution < 1.29 is 19.2 Å². The fraction of sp³-hybridized carbons (Fsp3) is 0.176. The lowest BCUT2D eigenvalue weighted by Gasteiger charge is -2.11. The molecule has 0 bridgehead atoms. The number of hydrogen-bond donors (Lipinski definition) is 0. The number of rotatable bonds is 6. The zero-order valence-corrected chi connectivity index (χ0v) is 13.3. The van der Waals surface area contributed by atoms with Gasteiger partial charge in [0.2, 0.25) is 0 Å². The maximum atomic E-state index is 11.8. The first kappa shape index (κ1) is 17.1. The van der Waals surface area contributed by atoms with Crippen molar-refractivity contribution in [2.45, 2.75) is 6.61 Å². The molecule has 7 heteroatoms. The standard InChI is InChI=1S/C17H16N2O5/c1-18(2)17(21)14-6-3-12(4-7-14)11-24-16-8-5-13(10-20)9-15(16)19(22)23/h3-10H,11H2,1-2H3. The minimum absolute atomic E-state index is 0.0824. The predicted molar refractivity (Wildman–Crippen MR) is 87.3 cm³/mol. The van der Waals surface area contributed by atoms with E-state index >= 15 is 0 Å². The first-order valence-electron chi connectivity index (χ1n) is 7.09. The summed E-state index contributed by atoms with van der Waals surface area (Å²) in [6, 6.07) is 10.8. The van der Waals surface area contributed by atoms with Crippen molar-refractivity contribution in [1.29, 1.82) is 0 Å². The molecule has 1 amide bonds. The zero-order valence-electron chi connectivity index (χ0n) is 13.3. The number of benzene rings is 2. The maximum absolute atomic E-state index is 11.8. The first-order chi connectivity index (χ1) is 11.4. The molecule has 0 heterocycles. The average molecular weight is 328 g/mol. The number of ether oxygens (including phenoxy) is 1. The molecule has 24 heavy (non-hydrogen) atoms. The number of carbonyl (C=O) groups excluding carboxylic acids is 2. The Labute approximate surface area is 138 Å². The molecule has 2 aromatic rings. The Bertz CT molecular complexity index is 769. The van der Waals surface area contributed by atoms with Crippen LogP contribution in [0.5, 0.6) is 5.75 Å². The molecule has 0 saturated heterocycles. The molecule has 0 fully saturated rings. The van der Waals surface area contributed by atoms with Crippen LogP contribution in [0.4, 0.5) is 5.69 Å². The Morgan fingerprint density at radius 3 is 2.42 bits per heavy atom. The molecule has 0 atom stereocenters.